The molecular weight excluding hydrogens is 304 g/mol. The van der Waals surface area contributed by atoms with Gasteiger partial charge in [0.05, 0.1) is 4.90 Å². The molecule has 118 valence electrons. The van der Waals surface area contributed by atoms with Gasteiger partial charge in [0.15, 0.2) is 0 Å². The molecule has 21 heavy (non-hydrogen) atoms. The monoisotopic (exact) mass is 328 g/mol. The van der Waals surface area contributed by atoms with Crippen LogP contribution in [0.25, 0.3) is 0 Å². The van der Waals surface area contributed by atoms with Crippen molar-refractivity contribution in [3.05, 3.63) is 29.3 Å². The lowest BCUT2D eigenvalue weighted by Crippen LogP contribution is -2.32. The first kappa shape index (κ1) is 16.8. The van der Waals surface area contributed by atoms with Gasteiger partial charge in [0, 0.05) is 18.3 Å². The van der Waals surface area contributed by atoms with Crippen LogP contribution in [0.4, 0.5) is 0 Å². The molecule has 1 aliphatic rings. The fourth-order valence-corrected chi connectivity index (χ4v) is 5.30. The van der Waals surface area contributed by atoms with Crippen LogP contribution in [0.3, 0.4) is 0 Å². The quantitative estimate of drug-likeness (QED) is 0.840. The molecule has 0 bridgehead atoms. The lowest BCUT2D eigenvalue weighted by molar-refractivity contribution is 0.572. The zero-order valence-electron chi connectivity index (χ0n) is 12.5. The largest absolute Gasteiger partial charge is 0.326 e. The van der Waals surface area contributed by atoms with Crippen LogP contribution in [0.15, 0.2) is 23.1 Å². The number of benzene rings is 1. The third kappa shape index (κ3) is 4.45. The van der Waals surface area contributed by atoms with Gasteiger partial charge in [0.2, 0.25) is 10.0 Å². The number of hydrogen-bond acceptors (Lipinski definition) is 4. The Morgan fingerprint density at radius 3 is 2.81 bits per heavy atom. The maximum atomic E-state index is 12.6. The zero-order chi connectivity index (χ0) is 15.3. The number of rotatable bonds is 6. The number of aryl methyl sites for hydroxylation is 1. The highest BCUT2D eigenvalue weighted by molar-refractivity contribution is 8.00. The summed E-state index contributed by atoms with van der Waals surface area (Å²) in [4.78, 5) is 0.383. The second kappa shape index (κ2) is 7.63. The van der Waals surface area contributed by atoms with E-state index in [1.807, 2.05) is 30.8 Å². The minimum atomic E-state index is -3.45. The molecule has 1 aromatic rings. The topological polar surface area (TPSA) is 72.2 Å². The number of thioether (sulfide) groups is 1. The summed E-state index contributed by atoms with van der Waals surface area (Å²) in [6, 6.07) is 5.47. The predicted molar refractivity (Wildman–Crippen MR) is 89.0 cm³/mol. The van der Waals surface area contributed by atoms with Crippen LogP contribution < -0.4 is 10.5 Å². The Balaban J connectivity index is 2.14. The van der Waals surface area contributed by atoms with Crippen molar-refractivity contribution in [1.82, 2.24) is 4.72 Å². The van der Waals surface area contributed by atoms with Crippen molar-refractivity contribution in [2.45, 2.75) is 49.3 Å². The molecule has 1 unspecified atom stereocenters. The molecule has 1 heterocycles. The minimum absolute atomic E-state index is 0.352. The molecule has 1 fully saturated rings. The van der Waals surface area contributed by atoms with Gasteiger partial charge >= 0.3 is 0 Å². The molecule has 0 aliphatic carbocycles. The third-order valence-electron chi connectivity index (χ3n) is 3.81. The second-order valence-electron chi connectivity index (χ2n) is 5.34. The van der Waals surface area contributed by atoms with Crippen LogP contribution in [0, 0.1) is 0 Å². The molecule has 0 amide bonds. The van der Waals surface area contributed by atoms with E-state index in [-0.39, 0.29) is 0 Å². The van der Waals surface area contributed by atoms with E-state index in [9.17, 15) is 8.42 Å². The first-order valence-electron chi connectivity index (χ1n) is 7.50. The molecule has 1 aliphatic heterocycles. The first-order chi connectivity index (χ1) is 10.1. The Morgan fingerprint density at radius 1 is 1.38 bits per heavy atom. The summed E-state index contributed by atoms with van der Waals surface area (Å²) in [5.41, 5.74) is 7.32. The molecule has 0 radical (unpaired) electrons. The van der Waals surface area contributed by atoms with Gasteiger partial charge in [-0.2, -0.15) is 11.8 Å². The van der Waals surface area contributed by atoms with Crippen molar-refractivity contribution in [3.8, 4) is 0 Å². The Morgan fingerprint density at radius 2 is 2.19 bits per heavy atom. The summed E-state index contributed by atoms with van der Waals surface area (Å²) >= 11 is 1.87. The predicted octanol–water partition coefficient (Wildman–Crippen LogP) is 2.27. The van der Waals surface area contributed by atoms with E-state index in [1.165, 1.54) is 12.8 Å². The zero-order valence-corrected chi connectivity index (χ0v) is 14.1. The Bertz CT molecular complexity index is 567. The highest BCUT2D eigenvalue weighted by atomic mass is 32.2. The Labute approximate surface area is 131 Å². The normalized spacial score (nSPS) is 19.6. The number of hydrogen-bond donors (Lipinski definition) is 2. The smallest absolute Gasteiger partial charge is 0.240 e. The molecule has 0 saturated carbocycles. The highest BCUT2D eigenvalue weighted by Gasteiger charge is 2.21. The maximum absolute atomic E-state index is 12.6. The number of nitrogens with two attached hydrogens (primary N) is 1. The van der Waals surface area contributed by atoms with Crippen LogP contribution in [-0.4, -0.2) is 26.0 Å². The number of sulfonamides is 1. The van der Waals surface area contributed by atoms with E-state index in [1.54, 1.807) is 6.07 Å². The average molecular weight is 329 g/mol. The fourth-order valence-electron chi connectivity index (χ4n) is 2.52. The summed E-state index contributed by atoms with van der Waals surface area (Å²) in [6.07, 6.45) is 4.23. The van der Waals surface area contributed by atoms with Gasteiger partial charge in [-0.3, -0.25) is 0 Å². The lowest BCUT2D eigenvalue weighted by Gasteiger charge is -2.21. The Hall–Kier alpha value is -0.560. The molecule has 1 aromatic carbocycles. The Kier molecular flexibility index (Phi) is 6.10. The van der Waals surface area contributed by atoms with Crippen molar-refractivity contribution >= 4 is 21.8 Å². The van der Waals surface area contributed by atoms with Crippen molar-refractivity contribution in [3.63, 3.8) is 0 Å². The summed E-state index contributed by atoms with van der Waals surface area (Å²) in [7, 11) is -3.45. The van der Waals surface area contributed by atoms with Gasteiger partial charge in [0.25, 0.3) is 0 Å². The van der Waals surface area contributed by atoms with Gasteiger partial charge in [0.1, 0.15) is 0 Å². The van der Waals surface area contributed by atoms with Crippen molar-refractivity contribution < 1.29 is 8.42 Å². The molecule has 4 nitrogen and oxygen atoms in total. The van der Waals surface area contributed by atoms with Crippen molar-refractivity contribution in [2.75, 3.05) is 12.3 Å². The average Bonchev–Trinajstić information content (AvgIpc) is 2.53. The SMILES string of the molecule is CCc1ccc(CN)cc1S(=O)(=O)NCC1CCCCS1. The van der Waals surface area contributed by atoms with E-state index in [2.05, 4.69) is 4.72 Å². The van der Waals surface area contributed by atoms with Crippen molar-refractivity contribution in [2.24, 2.45) is 5.73 Å². The van der Waals surface area contributed by atoms with E-state index in [4.69, 9.17) is 5.73 Å². The van der Waals surface area contributed by atoms with Gasteiger partial charge in [-0.1, -0.05) is 25.5 Å². The minimum Gasteiger partial charge on any atom is -0.326 e. The third-order valence-corrected chi connectivity index (χ3v) is 6.72. The molecule has 1 saturated heterocycles. The highest BCUT2D eigenvalue weighted by Crippen LogP contribution is 2.25. The maximum Gasteiger partial charge on any atom is 0.240 e. The summed E-state index contributed by atoms with van der Waals surface area (Å²) in [6.45, 7) is 2.83. The first-order valence-corrected chi connectivity index (χ1v) is 10.0. The van der Waals surface area contributed by atoms with Crippen LogP contribution in [0.2, 0.25) is 0 Å². The van der Waals surface area contributed by atoms with Crippen LogP contribution in [-0.2, 0) is 23.0 Å². The van der Waals surface area contributed by atoms with Crippen LogP contribution in [0.5, 0.6) is 0 Å². The summed E-state index contributed by atoms with van der Waals surface area (Å²) in [5, 5.41) is 0.399. The van der Waals surface area contributed by atoms with Gasteiger partial charge in [-0.05, 0) is 42.2 Å². The van der Waals surface area contributed by atoms with E-state index in [0.29, 0.717) is 29.7 Å². The molecule has 0 aromatic heterocycles. The number of nitrogens with one attached hydrogen (secondary N) is 1. The molecule has 6 heteroatoms. The van der Waals surface area contributed by atoms with Crippen molar-refractivity contribution in [1.29, 1.82) is 0 Å². The molecular formula is C15H24N2O2S2. The molecule has 0 spiro atoms. The molecule has 2 rings (SSSR count). The van der Waals surface area contributed by atoms with Gasteiger partial charge in [-0.15, -0.1) is 0 Å². The van der Waals surface area contributed by atoms with Gasteiger partial charge in [-0.25, -0.2) is 13.1 Å². The van der Waals surface area contributed by atoms with E-state index < -0.39 is 10.0 Å². The van der Waals surface area contributed by atoms with Crippen LogP contribution in [0.1, 0.15) is 37.3 Å². The van der Waals surface area contributed by atoms with E-state index in [0.717, 1.165) is 23.3 Å². The van der Waals surface area contributed by atoms with Crippen LogP contribution >= 0.6 is 11.8 Å². The molecule has 1 atom stereocenters. The molecule has 3 N–H and O–H groups in total. The lowest BCUT2D eigenvalue weighted by atomic mass is 10.1. The fraction of sp³-hybridized carbons (Fsp3) is 0.600. The second-order valence-corrected chi connectivity index (χ2v) is 8.48. The van der Waals surface area contributed by atoms with E-state index >= 15 is 0 Å². The summed E-state index contributed by atoms with van der Waals surface area (Å²) < 4.78 is 27.9. The van der Waals surface area contributed by atoms with Gasteiger partial charge < -0.3 is 5.73 Å². The summed E-state index contributed by atoms with van der Waals surface area (Å²) in [5.74, 6) is 1.13. The standard InChI is InChI=1S/C15H24N2O2S2/c1-2-13-7-6-12(10-16)9-15(13)21(18,19)17-11-14-5-3-4-8-20-14/h6-7,9,14,17H,2-5,8,10-11,16H2,1H3.